The van der Waals surface area contributed by atoms with Crippen LogP contribution in [0.3, 0.4) is 0 Å². The van der Waals surface area contributed by atoms with Gasteiger partial charge in [0.05, 0.1) is 7.11 Å². The van der Waals surface area contributed by atoms with Gasteiger partial charge >= 0.3 is 0 Å². The zero-order valence-electron chi connectivity index (χ0n) is 12.0. The zero-order valence-corrected chi connectivity index (χ0v) is 12.8. The highest BCUT2D eigenvalue weighted by Crippen LogP contribution is 2.42. The Labute approximate surface area is 124 Å². The van der Waals surface area contributed by atoms with Crippen molar-refractivity contribution < 1.29 is 14.2 Å². The first-order valence-electron chi connectivity index (χ1n) is 7.01. The number of hydrogen-bond donors (Lipinski definition) is 1. The van der Waals surface area contributed by atoms with Gasteiger partial charge in [-0.1, -0.05) is 0 Å². The molecule has 1 atom stereocenters. The summed E-state index contributed by atoms with van der Waals surface area (Å²) in [6, 6.07) is 4.05. The highest BCUT2D eigenvalue weighted by atomic mass is 32.2. The SMILES string of the molecule is COc1cc(CNCC2(C)CCCS2)cc2c1OCO2. The Balaban J connectivity index is 1.63. The van der Waals surface area contributed by atoms with Crippen LogP contribution in [-0.2, 0) is 6.54 Å². The first-order valence-corrected chi connectivity index (χ1v) is 8.00. The number of hydrogen-bond acceptors (Lipinski definition) is 5. The fourth-order valence-corrected chi connectivity index (χ4v) is 4.01. The summed E-state index contributed by atoms with van der Waals surface area (Å²) in [7, 11) is 1.66. The van der Waals surface area contributed by atoms with E-state index in [9.17, 15) is 0 Å². The van der Waals surface area contributed by atoms with Crippen molar-refractivity contribution in [3.63, 3.8) is 0 Å². The molecular formula is C15H21NO3S. The summed E-state index contributed by atoms with van der Waals surface area (Å²) in [6.07, 6.45) is 2.63. The third-order valence-electron chi connectivity index (χ3n) is 3.85. The van der Waals surface area contributed by atoms with Crippen LogP contribution < -0.4 is 19.5 Å². The standard InChI is InChI=1S/C15H21NO3S/c1-15(4-3-5-20-15)9-16-8-11-6-12(17-2)14-13(7-11)18-10-19-14/h6-7,16H,3-5,8-10H2,1-2H3. The summed E-state index contributed by atoms with van der Waals surface area (Å²) < 4.78 is 16.6. The van der Waals surface area contributed by atoms with Crippen LogP contribution >= 0.6 is 11.8 Å². The predicted molar refractivity (Wildman–Crippen MR) is 80.9 cm³/mol. The van der Waals surface area contributed by atoms with Crippen LogP contribution in [0.25, 0.3) is 0 Å². The maximum atomic E-state index is 5.45. The molecule has 2 heterocycles. The minimum absolute atomic E-state index is 0.275. The molecule has 1 unspecified atom stereocenters. The van der Waals surface area contributed by atoms with E-state index < -0.39 is 0 Å². The molecule has 1 aromatic carbocycles. The molecule has 1 fully saturated rings. The van der Waals surface area contributed by atoms with Crippen LogP contribution in [0.4, 0.5) is 0 Å². The minimum atomic E-state index is 0.275. The van der Waals surface area contributed by atoms with E-state index in [1.54, 1.807) is 7.11 Å². The average molecular weight is 295 g/mol. The molecule has 0 radical (unpaired) electrons. The fourth-order valence-electron chi connectivity index (χ4n) is 2.73. The molecule has 3 rings (SSSR count). The van der Waals surface area contributed by atoms with Gasteiger partial charge in [0.1, 0.15) is 0 Å². The van der Waals surface area contributed by atoms with Crippen molar-refractivity contribution >= 4 is 11.8 Å². The molecule has 5 heteroatoms. The van der Waals surface area contributed by atoms with Crippen molar-refractivity contribution in [2.45, 2.75) is 31.1 Å². The molecule has 0 saturated carbocycles. The maximum Gasteiger partial charge on any atom is 0.231 e. The molecule has 0 aliphatic carbocycles. The number of thioether (sulfide) groups is 1. The predicted octanol–water partition coefficient (Wildman–Crippen LogP) is 2.80. The van der Waals surface area contributed by atoms with E-state index in [0.29, 0.717) is 4.75 Å². The molecule has 0 bridgehead atoms. The summed E-state index contributed by atoms with van der Waals surface area (Å²) in [5, 5.41) is 3.55. The summed E-state index contributed by atoms with van der Waals surface area (Å²) in [5.41, 5.74) is 1.16. The smallest absolute Gasteiger partial charge is 0.231 e. The maximum absolute atomic E-state index is 5.45. The summed E-state index contributed by atoms with van der Waals surface area (Å²) >= 11 is 2.08. The monoisotopic (exact) mass is 295 g/mol. The normalized spacial score (nSPS) is 24.1. The fraction of sp³-hybridized carbons (Fsp3) is 0.600. The van der Waals surface area contributed by atoms with E-state index >= 15 is 0 Å². The van der Waals surface area contributed by atoms with Gasteiger partial charge in [-0.25, -0.2) is 0 Å². The van der Waals surface area contributed by atoms with Gasteiger partial charge in [0.25, 0.3) is 0 Å². The van der Waals surface area contributed by atoms with E-state index in [2.05, 4.69) is 24.0 Å². The van der Waals surface area contributed by atoms with Crippen LogP contribution in [0.5, 0.6) is 17.2 Å². The lowest BCUT2D eigenvalue weighted by molar-refractivity contribution is 0.171. The van der Waals surface area contributed by atoms with Crippen LogP contribution in [0.2, 0.25) is 0 Å². The third-order valence-corrected chi connectivity index (χ3v) is 5.38. The van der Waals surface area contributed by atoms with Crippen molar-refractivity contribution in [2.75, 3.05) is 26.2 Å². The lowest BCUT2D eigenvalue weighted by Gasteiger charge is -2.23. The Morgan fingerprint density at radius 3 is 3.05 bits per heavy atom. The van der Waals surface area contributed by atoms with Gasteiger partial charge in [-0.3, -0.25) is 0 Å². The van der Waals surface area contributed by atoms with Gasteiger partial charge in [0.15, 0.2) is 11.5 Å². The summed E-state index contributed by atoms with van der Waals surface area (Å²) in [4.78, 5) is 0. The lowest BCUT2D eigenvalue weighted by atomic mass is 10.1. The van der Waals surface area contributed by atoms with Crippen molar-refractivity contribution in [1.29, 1.82) is 0 Å². The number of ether oxygens (including phenoxy) is 3. The van der Waals surface area contributed by atoms with E-state index in [-0.39, 0.29) is 6.79 Å². The number of benzene rings is 1. The lowest BCUT2D eigenvalue weighted by Crippen LogP contribution is -2.32. The van der Waals surface area contributed by atoms with Crippen molar-refractivity contribution in [2.24, 2.45) is 0 Å². The molecule has 110 valence electrons. The highest BCUT2D eigenvalue weighted by Gasteiger charge is 2.28. The molecular weight excluding hydrogens is 274 g/mol. The second-order valence-electron chi connectivity index (χ2n) is 5.54. The van der Waals surface area contributed by atoms with E-state index in [4.69, 9.17) is 14.2 Å². The summed E-state index contributed by atoms with van der Waals surface area (Å²) in [6.45, 7) is 4.48. The molecule has 2 aliphatic heterocycles. The number of methoxy groups -OCH3 is 1. The topological polar surface area (TPSA) is 39.7 Å². The average Bonchev–Trinajstić information content (AvgIpc) is 3.07. The summed E-state index contributed by atoms with van der Waals surface area (Å²) in [5.74, 6) is 3.53. The zero-order chi connectivity index (χ0) is 14.0. The molecule has 1 N–H and O–H groups in total. The van der Waals surface area contributed by atoms with Gasteiger partial charge in [-0.2, -0.15) is 11.8 Å². The third kappa shape index (κ3) is 2.83. The van der Waals surface area contributed by atoms with Crippen LogP contribution in [0.15, 0.2) is 12.1 Å². The van der Waals surface area contributed by atoms with Gasteiger partial charge in [0.2, 0.25) is 12.5 Å². The largest absolute Gasteiger partial charge is 0.493 e. The first-order chi connectivity index (χ1) is 9.70. The Bertz CT molecular complexity index is 486. The van der Waals surface area contributed by atoms with Crippen molar-refractivity contribution in [3.8, 4) is 17.2 Å². The van der Waals surface area contributed by atoms with Gasteiger partial charge in [-0.15, -0.1) is 0 Å². The van der Waals surface area contributed by atoms with Crippen LogP contribution in [0, 0.1) is 0 Å². The second-order valence-corrected chi connectivity index (χ2v) is 7.22. The molecule has 1 saturated heterocycles. The number of nitrogens with one attached hydrogen (secondary N) is 1. The van der Waals surface area contributed by atoms with Crippen LogP contribution in [-0.4, -0.2) is 30.9 Å². The first kappa shape index (κ1) is 13.9. The van der Waals surface area contributed by atoms with E-state index in [1.807, 2.05) is 12.1 Å². The molecule has 1 aromatic rings. The van der Waals surface area contributed by atoms with E-state index in [1.165, 1.54) is 18.6 Å². The Kier molecular flexibility index (Phi) is 3.98. The molecule has 0 amide bonds. The Hall–Kier alpha value is -1.07. The Morgan fingerprint density at radius 1 is 1.40 bits per heavy atom. The second kappa shape index (κ2) is 5.74. The Morgan fingerprint density at radius 2 is 2.30 bits per heavy atom. The molecule has 0 spiro atoms. The quantitative estimate of drug-likeness (QED) is 0.904. The molecule has 2 aliphatic rings. The van der Waals surface area contributed by atoms with Gasteiger partial charge in [-0.05, 0) is 43.2 Å². The molecule has 0 aromatic heterocycles. The van der Waals surface area contributed by atoms with Gasteiger partial charge < -0.3 is 19.5 Å². The highest BCUT2D eigenvalue weighted by molar-refractivity contribution is 8.00. The minimum Gasteiger partial charge on any atom is -0.493 e. The van der Waals surface area contributed by atoms with Crippen molar-refractivity contribution in [3.05, 3.63) is 17.7 Å². The molecule has 20 heavy (non-hydrogen) atoms. The number of rotatable bonds is 5. The van der Waals surface area contributed by atoms with Gasteiger partial charge in [0, 0.05) is 17.8 Å². The number of fused-ring (bicyclic) bond motifs is 1. The molecule has 4 nitrogen and oxygen atoms in total. The van der Waals surface area contributed by atoms with E-state index in [0.717, 1.165) is 35.9 Å². The van der Waals surface area contributed by atoms with Crippen molar-refractivity contribution in [1.82, 2.24) is 5.32 Å². The van der Waals surface area contributed by atoms with Crippen LogP contribution in [0.1, 0.15) is 25.3 Å².